The van der Waals surface area contributed by atoms with Gasteiger partial charge < -0.3 is 14.8 Å². The largest absolute Gasteiger partial charge is 0.480 e. The first-order valence-corrected chi connectivity index (χ1v) is 8.24. The summed E-state index contributed by atoms with van der Waals surface area (Å²) in [6, 6.07) is 13.3. The van der Waals surface area contributed by atoms with Gasteiger partial charge in [-0.05, 0) is 38.1 Å². The number of para-hydroxylation sites is 2. The Morgan fingerprint density at radius 2 is 1.73 bits per heavy atom. The molecule has 136 valence electrons. The molecule has 2 aromatic carbocycles. The van der Waals surface area contributed by atoms with Crippen LogP contribution in [0.4, 0.5) is 5.69 Å². The normalized spacial score (nSPS) is 11.3. The molecule has 0 spiro atoms. The van der Waals surface area contributed by atoms with Gasteiger partial charge >= 0.3 is 5.97 Å². The Bertz CT molecular complexity index is 821. The highest BCUT2D eigenvalue weighted by Gasteiger charge is 2.20. The molecule has 0 saturated heterocycles. The fourth-order valence-corrected chi connectivity index (χ4v) is 2.31. The van der Waals surface area contributed by atoms with Gasteiger partial charge in [0.05, 0.1) is 10.7 Å². The van der Waals surface area contributed by atoms with Crippen LogP contribution in [0.2, 0.25) is 5.02 Å². The van der Waals surface area contributed by atoms with Crippen molar-refractivity contribution in [3.8, 4) is 5.75 Å². The Balaban J connectivity index is 1.90. The van der Waals surface area contributed by atoms with E-state index < -0.39 is 18.0 Å². The molecule has 0 aliphatic carbocycles. The minimum atomic E-state index is -1.06. The second kappa shape index (κ2) is 9.01. The second-order valence-corrected chi connectivity index (χ2v) is 5.85. The summed E-state index contributed by atoms with van der Waals surface area (Å²) in [6.45, 7) is 2.45. The number of benzene rings is 2. The molecule has 1 amide bonds. The maximum absolute atomic E-state index is 12.2. The van der Waals surface area contributed by atoms with Crippen LogP contribution in [0.25, 0.3) is 0 Å². The van der Waals surface area contributed by atoms with E-state index in [1.54, 1.807) is 48.5 Å². The van der Waals surface area contributed by atoms with Crippen molar-refractivity contribution < 1.29 is 23.9 Å². The lowest BCUT2D eigenvalue weighted by Crippen LogP contribution is -2.32. The van der Waals surface area contributed by atoms with E-state index in [2.05, 4.69) is 5.32 Å². The third kappa shape index (κ3) is 5.32. The first kappa shape index (κ1) is 19.5. The van der Waals surface area contributed by atoms with Crippen molar-refractivity contribution >= 4 is 34.9 Å². The standard InChI is InChI=1S/C19H18ClNO5/c1-12(22)14-7-3-5-9-16(14)21-19(24)13(2)26-18(23)11-25-17-10-6-4-8-15(17)20/h3-10,13H,11H2,1-2H3,(H,21,24). The van der Waals surface area contributed by atoms with E-state index in [1.165, 1.54) is 13.8 Å². The lowest BCUT2D eigenvalue weighted by molar-refractivity contribution is -0.155. The van der Waals surface area contributed by atoms with Crippen molar-refractivity contribution in [3.05, 3.63) is 59.1 Å². The Morgan fingerprint density at radius 3 is 2.42 bits per heavy atom. The highest BCUT2D eigenvalue weighted by atomic mass is 35.5. The van der Waals surface area contributed by atoms with Crippen LogP contribution in [0, 0.1) is 0 Å². The van der Waals surface area contributed by atoms with Crippen LogP contribution in [0.15, 0.2) is 48.5 Å². The molecule has 0 heterocycles. The van der Waals surface area contributed by atoms with E-state index in [0.29, 0.717) is 22.0 Å². The number of hydrogen-bond donors (Lipinski definition) is 1. The number of carbonyl (C=O) groups is 3. The monoisotopic (exact) mass is 375 g/mol. The van der Waals surface area contributed by atoms with Crippen molar-refractivity contribution in [2.24, 2.45) is 0 Å². The Kier molecular flexibility index (Phi) is 6.74. The highest BCUT2D eigenvalue weighted by molar-refractivity contribution is 6.32. The van der Waals surface area contributed by atoms with Gasteiger partial charge in [0, 0.05) is 5.56 Å². The van der Waals surface area contributed by atoms with E-state index in [1.807, 2.05) is 0 Å². The fraction of sp³-hybridized carbons (Fsp3) is 0.211. The van der Waals surface area contributed by atoms with Crippen LogP contribution >= 0.6 is 11.6 Å². The van der Waals surface area contributed by atoms with E-state index in [4.69, 9.17) is 21.1 Å². The Hall–Kier alpha value is -2.86. The number of rotatable bonds is 7. The summed E-state index contributed by atoms with van der Waals surface area (Å²) in [5.74, 6) is -1.10. The lowest BCUT2D eigenvalue weighted by Gasteiger charge is -2.15. The van der Waals surface area contributed by atoms with E-state index >= 15 is 0 Å². The zero-order chi connectivity index (χ0) is 19.1. The maximum Gasteiger partial charge on any atom is 0.344 e. The molecule has 0 aliphatic heterocycles. The molecule has 2 rings (SSSR count). The number of halogens is 1. The van der Waals surface area contributed by atoms with Gasteiger partial charge in [-0.1, -0.05) is 35.9 Å². The minimum Gasteiger partial charge on any atom is -0.480 e. The number of carbonyl (C=O) groups excluding carboxylic acids is 3. The van der Waals surface area contributed by atoms with Crippen LogP contribution < -0.4 is 10.1 Å². The second-order valence-electron chi connectivity index (χ2n) is 5.44. The quantitative estimate of drug-likeness (QED) is 0.591. The average Bonchev–Trinajstić information content (AvgIpc) is 2.61. The van der Waals surface area contributed by atoms with Crippen LogP contribution in [0.3, 0.4) is 0 Å². The Morgan fingerprint density at radius 1 is 1.08 bits per heavy atom. The fourth-order valence-electron chi connectivity index (χ4n) is 2.12. The molecular weight excluding hydrogens is 358 g/mol. The number of ether oxygens (including phenoxy) is 2. The Labute approximate surface area is 156 Å². The molecule has 0 aliphatic rings. The minimum absolute atomic E-state index is 0.182. The molecule has 26 heavy (non-hydrogen) atoms. The van der Waals surface area contributed by atoms with Crippen LogP contribution in [0.5, 0.6) is 5.75 Å². The number of Topliss-reactive ketones (excluding diaryl/α,β-unsaturated/α-hetero) is 1. The highest BCUT2D eigenvalue weighted by Crippen LogP contribution is 2.23. The van der Waals surface area contributed by atoms with Gasteiger partial charge in [0.25, 0.3) is 5.91 Å². The van der Waals surface area contributed by atoms with Crippen LogP contribution in [0.1, 0.15) is 24.2 Å². The summed E-state index contributed by atoms with van der Waals surface area (Å²) in [5.41, 5.74) is 0.738. The van der Waals surface area contributed by atoms with Gasteiger partial charge in [-0.2, -0.15) is 0 Å². The summed E-state index contributed by atoms with van der Waals surface area (Å²) in [6.07, 6.45) is -1.06. The van der Waals surface area contributed by atoms with Gasteiger partial charge in [-0.25, -0.2) is 4.79 Å². The predicted molar refractivity (Wildman–Crippen MR) is 97.6 cm³/mol. The van der Waals surface area contributed by atoms with Crippen molar-refractivity contribution in [2.45, 2.75) is 20.0 Å². The summed E-state index contributed by atoms with van der Waals surface area (Å²) < 4.78 is 10.3. The maximum atomic E-state index is 12.2. The topological polar surface area (TPSA) is 81.7 Å². The number of anilines is 1. The molecule has 0 radical (unpaired) electrons. The predicted octanol–water partition coefficient (Wildman–Crippen LogP) is 3.49. The summed E-state index contributed by atoms with van der Waals surface area (Å²) in [7, 11) is 0. The molecular formula is C19H18ClNO5. The van der Waals surface area contributed by atoms with Crippen molar-refractivity contribution in [3.63, 3.8) is 0 Å². The summed E-state index contributed by atoms with van der Waals surface area (Å²) in [5, 5.41) is 2.95. The lowest BCUT2D eigenvalue weighted by atomic mass is 10.1. The molecule has 1 atom stereocenters. The molecule has 2 aromatic rings. The molecule has 0 bridgehead atoms. The molecule has 6 nitrogen and oxygen atoms in total. The summed E-state index contributed by atoms with van der Waals surface area (Å²) >= 11 is 5.93. The molecule has 1 N–H and O–H groups in total. The van der Waals surface area contributed by atoms with Crippen molar-refractivity contribution in [1.82, 2.24) is 0 Å². The van der Waals surface area contributed by atoms with Gasteiger partial charge in [0.15, 0.2) is 18.5 Å². The molecule has 1 unspecified atom stereocenters. The summed E-state index contributed by atoms with van der Waals surface area (Å²) in [4.78, 5) is 35.6. The number of ketones is 1. The number of nitrogens with one attached hydrogen (secondary N) is 1. The first-order chi connectivity index (χ1) is 12.4. The van der Waals surface area contributed by atoms with E-state index in [9.17, 15) is 14.4 Å². The average molecular weight is 376 g/mol. The van der Waals surface area contributed by atoms with Crippen LogP contribution in [-0.4, -0.2) is 30.4 Å². The van der Waals surface area contributed by atoms with Gasteiger partial charge in [0.1, 0.15) is 5.75 Å². The van der Waals surface area contributed by atoms with Gasteiger partial charge in [-0.15, -0.1) is 0 Å². The third-order valence-corrected chi connectivity index (χ3v) is 3.74. The van der Waals surface area contributed by atoms with E-state index in [-0.39, 0.29) is 12.4 Å². The van der Waals surface area contributed by atoms with Gasteiger partial charge in [-0.3, -0.25) is 9.59 Å². The van der Waals surface area contributed by atoms with Crippen LogP contribution in [-0.2, 0) is 14.3 Å². The number of amides is 1. The number of esters is 1. The van der Waals surface area contributed by atoms with Crippen molar-refractivity contribution in [2.75, 3.05) is 11.9 Å². The van der Waals surface area contributed by atoms with Gasteiger partial charge in [0.2, 0.25) is 0 Å². The first-order valence-electron chi connectivity index (χ1n) is 7.86. The molecule has 0 fully saturated rings. The smallest absolute Gasteiger partial charge is 0.344 e. The molecule has 7 heteroatoms. The zero-order valence-electron chi connectivity index (χ0n) is 14.3. The van der Waals surface area contributed by atoms with E-state index in [0.717, 1.165) is 0 Å². The zero-order valence-corrected chi connectivity index (χ0v) is 15.1. The molecule has 0 aromatic heterocycles. The SMILES string of the molecule is CC(=O)c1ccccc1NC(=O)C(C)OC(=O)COc1ccccc1Cl. The third-order valence-electron chi connectivity index (χ3n) is 3.42. The number of hydrogen-bond acceptors (Lipinski definition) is 5. The molecule has 0 saturated carbocycles. The van der Waals surface area contributed by atoms with Crippen molar-refractivity contribution in [1.29, 1.82) is 0 Å².